The number of rotatable bonds is 3. The van der Waals surface area contributed by atoms with E-state index in [1.54, 1.807) is 6.20 Å². The summed E-state index contributed by atoms with van der Waals surface area (Å²) in [5.41, 5.74) is 2.78. The van der Waals surface area contributed by atoms with Crippen LogP contribution in [-0.4, -0.2) is 9.97 Å². The molecule has 0 aliphatic heterocycles. The molecule has 0 atom stereocenters. The van der Waals surface area contributed by atoms with Crippen LogP contribution in [0.25, 0.3) is 0 Å². The van der Waals surface area contributed by atoms with Crippen LogP contribution in [-0.2, 0) is 6.54 Å². The average molecular weight is 224 g/mol. The molecule has 0 saturated heterocycles. The first-order valence-electron chi connectivity index (χ1n) is 5.30. The Hall–Kier alpha value is -2.41. The number of nitrogens with zero attached hydrogens (tertiary/aromatic N) is 3. The van der Waals surface area contributed by atoms with Crippen LogP contribution in [0.3, 0.4) is 0 Å². The predicted octanol–water partition coefficient (Wildman–Crippen LogP) is 2.27. The maximum Gasteiger partial charge on any atom is 0.158 e. The molecule has 1 N–H and O–H groups in total. The van der Waals surface area contributed by atoms with Gasteiger partial charge in [0.1, 0.15) is 11.9 Å². The van der Waals surface area contributed by atoms with Gasteiger partial charge in [0.15, 0.2) is 5.69 Å². The number of anilines is 1. The summed E-state index contributed by atoms with van der Waals surface area (Å²) in [6.45, 7) is 2.77. The average Bonchev–Trinajstić information content (AvgIpc) is 2.38. The molecule has 0 spiro atoms. The summed E-state index contributed by atoms with van der Waals surface area (Å²) in [6.07, 6.45) is 3.02. The van der Waals surface area contributed by atoms with Crippen molar-refractivity contribution in [1.29, 1.82) is 5.26 Å². The largest absolute Gasteiger partial charge is 0.365 e. The molecule has 84 valence electrons. The van der Waals surface area contributed by atoms with Gasteiger partial charge in [0.25, 0.3) is 0 Å². The molecule has 0 unspecified atom stereocenters. The minimum Gasteiger partial charge on any atom is -0.365 e. The summed E-state index contributed by atoms with van der Waals surface area (Å²) in [6, 6.07) is 10.1. The van der Waals surface area contributed by atoms with Crippen molar-refractivity contribution in [3.05, 3.63) is 53.5 Å². The third-order valence-electron chi connectivity index (χ3n) is 2.49. The SMILES string of the molecule is Cc1ccccc1CNc1cnc(C#N)cn1. The molecule has 17 heavy (non-hydrogen) atoms. The van der Waals surface area contributed by atoms with Gasteiger partial charge in [0.2, 0.25) is 0 Å². The van der Waals surface area contributed by atoms with Gasteiger partial charge < -0.3 is 5.32 Å². The molecule has 1 aromatic carbocycles. The first kappa shape index (κ1) is 11.1. The molecule has 0 saturated carbocycles. The van der Waals surface area contributed by atoms with Gasteiger partial charge >= 0.3 is 0 Å². The van der Waals surface area contributed by atoms with Gasteiger partial charge in [0, 0.05) is 6.54 Å². The molecule has 4 heteroatoms. The summed E-state index contributed by atoms with van der Waals surface area (Å²) >= 11 is 0. The van der Waals surface area contributed by atoms with Gasteiger partial charge in [-0.3, -0.25) is 0 Å². The van der Waals surface area contributed by atoms with Gasteiger partial charge in [-0.05, 0) is 18.1 Å². The quantitative estimate of drug-likeness (QED) is 0.868. The molecule has 2 rings (SSSR count). The predicted molar refractivity (Wildman–Crippen MR) is 65.3 cm³/mol. The lowest BCUT2D eigenvalue weighted by molar-refractivity contribution is 1.06. The topological polar surface area (TPSA) is 61.6 Å². The third kappa shape index (κ3) is 2.79. The molecule has 0 fully saturated rings. The van der Waals surface area contributed by atoms with E-state index < -0.39 is 0 Å². The summed E-state index contributed by atoms with van der Waals surface area (Å²) in [7, 11) is 0. The Kier molecular flexibility index (Phi) is 3.31. The second-order valence-electron chi connectivity index (χ2n) is 3.68. The first-order valence-corrected chi connectivity index (χ1v) is 5.30. The molecule has 4 nitrogen and oxygen atoms in total. The second kappa shape index (κ2) is 5.08. The molecule has 0 aliphatic carbocycles. The highest BCUT2D eigenvalue weighted by Crippen LogP contribution is 2.09. The number of benzene rings is 1. The number of hydrogen-bond donors (Lipinski definition) is 1. The van der Waals surface area contributed by atoms with E-state index >= 15 is 0 Å². The fourth-order valence-electron chi connectivity index (χ4n) is 1.47. The monoisotopic (exact) mass is 224 g/mol. The molecule has 0 amide bonds. The van der Waals surface area contributed by atoms with E-state index in [1.165, 1.54) is 17.3 Å². The number of hydrogen-bond acceptors (Lipinski definition) is 4. The Morgan fingerprint density at radius 2 is 2.06 bits per heavy atom. The van der Waals surface area contributed by atoms with Crippen molar-refractivity contribution in [2.75, 3.05) is 5.32 Å². The van der Waals surface area contributed by atoms with Crippen LogP contribution in [0, 0.1) is 18.3 Å². The summed E-state index contributed by atoms with van der Waals surface area (Å²) in [4.78, 5) is 8.04. The third-order valence-corrected chi connectivity index (χ3v) is 2.49. The van der Waals surface area contributed by atoms with Crippen molar-refractivity contribution in [1.82, 2.24) is 9.97 Å². The minimum atomic E-state index is 0.325. The molecule has 0 bridgehead atoms. The summed E-state index contributed by atoms with van der Waals surface area (Å²) in [5, 5.41) is 11.8. The van der Waals surface area contributed by atoms with Gasteiger partial charge in [0.05, 0.1) is 12.4 Å². The fourth-order valence-corrected chi connectivity index (χ4v) is 1.47. The highest BCUT2D eigenvalue weighted by Gasteiger charge is 1.99. The van der Waals surface area contributed by atoms with Gasteiger partial charge in [-0.1, -0.05) is 24.3 Å². The summed E-state index contributed by atoms with van der Waals surface area (Å²) < 4.78 is 0. The number of aromatic nitrogens is 2. The van der Waals surface area contributed by atoms with E-state index in [2.05, 4.69) is 34.3 Å². The zero-order valence-electron chi connectivity index (χ0n) is 9.51. The van der Waals surface area contributed by atoms with E-state index in [9.17, 15) is 0 Å². The van der Waals surface area contributed by atoms with E-state index in [0.717, 1.165) is 0 Å². The molecular weight excluding hydrogens is 212 g/mol. The minimum absolute atomic E-state index is 0.325. The molecular formula is C13H12N4. The molecule has 2 aromatic rings. The van der Waals surface area contributed by atoms with Crippen LogP contribution in [0.2, 0.25) is 0 Å². The molecule has 1 aromatic heterocycles. The Labute approximate surface area is 100.0 Å². The van der Waals surface area contributed by atoms with E-state index in [-0.39, 0.29) is 0 Å². The van der Waals surface area contributed by atoms with Crippen molar-refractivity contribution in [2.24, 2.45) is 0 Å². The summed E-state index contributed by atoms with van der Waals surface area (Å²) in [5.74, 6) is 0.673. The van der Waals surface area contributed by atoms with Gasteiger partial charge in [-0.15, -0.1) is 0 Å². The Balaban J connectivity index is 2.03. The lowest BCUT2D eigenvalue weighted by atomic mass is 10.1. The smallest absolute Gasteiger partial charge is 0.158 e. The maximum absolute atomic E-state index is 8.60. The van der Waals surface area contributed by atoms with E-state index in [4.69, 9.17) is 5.26 Å². The van der Waals surface area contributed by atoms with Crippen LogP contribution in [0.15, 0.2) is 36.7 Å². The van der Waals surface area contributed by atoms with E-state index in [1.807, 2.05) is 18.2 Å². The number of aryl methyl sites for hydroxylation is 1. The van der Waals surface area contributed by atoms with E-state index in [0.29, 0.717) is 18.1 Å². The lowest BCUT2D eigenvalue weighted by Gasteiger charge is -2.07. The van der Waals surface area contributed by atoms with Crippen molar-refractivity contribution in [2.45, 2.75) is 13.5 Å². The molecule has 0 radical (unpaired) electrons. The van der Waals surface area contributed by atoms with Crippen molar-refractivity contribution in [3.63, 3.8) is 0 Å². The van der Waals surface area contributed by atoms with Crippen LogP contribution >= 0.6 is 0 Å². The van der Waals surface area contributed by atoms with Gasteiger partial charge in [-0.25, -0.2) is 9.97 Å². The van der Waals surface area contributed by atoms with Crippen LogP contribution in [0.1, 0.15) is 16.8 Å². The normalized spacial score (nSPS) is 9.65. The highest BCUT2D eigenvalue weighted by molar-refractivity contribution is 5.36. The number of nitrogens with one attached hydrogen (secondary N) is 1. The Morgan fingerprint density at radius 1 is 1.24 bits per heavy atom. The van der Waals surface area contributed by atoms with Crippen LogP contribution in [0.4, 0.5) is 5.82 Å². The standard InChI is InChI=1S/C13H12N4/c1-10-4-2-3-5-11(10)7-16-13-9-15-12(6-14)8-17-13/h2-5,8-9H,7H2,1H3,(H,16,17). The van der Waals surface area contributed by atoms with Crippen molar-refractivity contribution < 1.29 is 0 Å². The fraction of sp³-hybridized carbons (Fsp3) is 0.154. The number of nitriles is 1. The molecule has 1 heterocycles. The highest BCUT2D eigenvalue weighted by atomic mass is 15.0. The first-order chi connectivity index (χ1) is 8.29. The Morgan fingerprint density at radius 3 is 2.71 bits per heavy atom. The second-order valence-corrected chi connectivity index (χ2v) is 3.68. The van der Waals surface area contributed by atoms with Crippen LogP contribution < -0.4 is 5.32 Å². The lowest BCUT2D eigenvalue weighted by Crippen LogP contribution is -2.03. The zero-order chi connectivity index (χ0) is 12.1. The Bertz CT molecular complexity index is 540. The van der Waals surface area contributed by atoms with Crippen molar-refractivity contribution in [3.8, 4) is 6.07 Å². The maximum atomic E-state index is 8.60. The van der Waals surface area contributed by atoms with Crippen molar-refractivity contribution >= 4 is 5.82 Å². The van der Waals surface area contributed by atoms with Gasteiger partial charge in [-0.2, -0.15) is 5.26 Å². The van der Waals surface area contributed by atoms with Crippen LogP contribution in [0.5, 0.6) is 0 Å². The molecule has 0 aliphatic rings. The zero-order valence-corrected chi connectivity index (χ0v) is 9.51.